The van der Waals surface area contributed by atoms with Gasteiger partial charge in [-0.05, 0) is 17.7 Å². The number of thioether (sulfide) groups is 1. The van der Waals surface area contributed by atoms with Crippen LogP contribution in [0.15, 0.2) is 35.7 Å². The van der Waals surface area contributed by atoms with Crippen LogP contribution in [0.1, 0.15) is 5.56 Å². The highest BCUT2D eigenvalue weighted by atomic mass is 35.5. The van der Waals surface area contributed by atoms with E-state index in [2.05, 4.69) is 20.3 Å². The number of carbonyl (C=O) groups is 1. The van der Waals surface area contributed by atoms with Gasteiger partial charge in [0.05, 0.1) is 5.75 Å². The number of amides is 1. The van der Waals surface area contributed by atoms with Crippen molar-refractivity contribution in [1.82, 2.24) is 20.3 Å². The Labute approximate surface area is 138 Å². The van der Waals surface area contributed by atoms with Crippen LogP contribution in [0.3, 0.4) is 0 Å². The summed E-state index contributed by atoms with van der Waals surface area (Å²) in [4.78, 5) is 26.0. The lowest BCUT2D eigenvalue weighted by atomic mass is 10.3. The van der Waals surface area contributed by atoms with Gasteiger partial charge < -0.3 is 10.2 Å². The molecule has 0 saturated carbocycles. The molecule has 0 aliphatic heterocycles. The second kappa shape index (κ2) is 7.95. The van der Waals surface area contributed by atoms with Gasteiger partial charge in [0.2, 0.25) is 5.91 Å². The Morgan fingerprint density at radius 1 is 1.32 bits per heavy atom. The number of carbonyl (C=O) groups excluding carboxylic acids is 1. The number of hydrogen-bond donors (Lipinski definition) is 1. The van der Waals surface area contributed by atoms with E-state index in [1.807, 2.05) is 31.1 Å². The van der Waals surface area contributed by atoms with Crippen molar-refractivity contribution in [3.63, 3.8) is 0 Å². The van der Waals surface area contributed by atoms with Gasteiger partial charge in [-0.1, -0.05) is 23.4 Å². The summed E-state index contributed by atoms with van der Waals surface area (Å²) in [5.41, 5.74) is 1.00. The van der Waals surface area contributed by atoms with Crippen LogP contribution in [0, 0.1) is 0 Å². The van der Waals surface area contributed by atoms with Crippen molar-refractivity contribution in [2.24, 2.45) is 0 Å². The molecular formula is C14H16ClN5OS. The third-order valence-electron chi connectivity index (χ3n) is 2.69. The highest BCUT2D eigenvalue weighted by Crippen LogP contribution is 2.20. The van der Waals surface area contributed by atoms with Gasteiger partial charge in [-0.25, -0.2) is 9.97 Å². The molecule has 0 saturated heterocycles. The Hall–Kier alpha value is -1.86. The summed E-state index contributed by atoms with van der Waals surface area (Å²) in [6.45, 7) is 0.473. The van der Waals surface area contributed by atoms with Gasteiger partial charge in [0.15, 0.2) is 5.16 Å². The highest BCUT2D eigenvalue weighted by molar-refractivity contribution is 7.99. The molecule has 0 fully saturated rings. The van der Waals surface area contributed by atoms with Crippen molar-refractivity contribution in [3.8, 4) is 0 Å². The van der Waals surface area contributed by atoms with E-state index in [1.165, 1.54) is 11.8 Å². The van der Waals surface area contributed by atoms with Gasteiger partial charge in [-0.15, -0.1) is 0 Å². The first kappa shape index (κ1) is 16.5. The molecule has 6 nitrogen and oxygen atoms in total. The Balaban J connectivity index is 1.86. The van der Waals surface area contributed by atoms with Gasteiger partial charge in [0.25, 0.3) is 0 Å². The van der Waals surface area contributed by atoms with Crippen LogP contribution in [0.4, 0.5) is 5.82 Å². The molecule has 0 aliphatic carbocycles. The zero-order valence-electron chi connectivity index (χ0n) is 12.3. The van der Waals surface area contributed by atoms with Gasteiger partial charge in [-0.2, -0.15) is 0 Å². The largest absolute Gasteiger partial charge is 0.363 e. The quantitative estimate of drug-likeness (QED) is 0.494. The van der Waals surface area contributed by atoms with Crippen LogP contribution >= 0.6 is 23.4 Å². The average Bonchev–Trinajstić information content (AvgIpc) is 2.51. The standard InChI is InChI=1S/C14H16ClN5OS/c1-20(2)12-7-11(15)18-14(19-12)22-9-13(21)17-8-10-3-5-16-6-4-10/h3-7H,8-9H2,1-2H3,(H,17,21). The molecule has 0 bridgehead atoms. The zero-order chi connectivity index (χ0) is 15.9. The van der Waals surface area contributed by atoms with E-state index in [1.54, 1.807) is 18.5 Å². The maximum absolute atomic E-state index is 11.8. The van der Waals surface area contributed by atoms with Gasteiger partial charge in [-0.3, -0.25) is 9.78 Å². The number of hydrogen-bond acceptors (Lipinski definition) is 6. The van der Waals surface area contributed by atoms with Gasteiger partial charge >= 0.3 is 0 Å². The number of rotatable bonds is 6. The number of aromatic nitrogens is 3. The molecule has 1 amide bonds. The van der Waals surface area contributed by atoms with Crippen molar-refractivity contribution in [1.29, 1.82) is 0 Å². The SMILES string of the molecule is CN(C)c1cc(Cl)nc(SCC(=O)NCc2ccncc2)n1. The predicted octanol–water partition coefficient (Wildman–Crippen LogP) is 2.00. The first-order valence-corrected chi connectivity index (χ1v) is 7.91. The molecule has 2 rings (SSSR count). The minimum Gasteiger partial charge on any atom is -0.363 e. The summed E-state index contributed by atoms with van der Waals surface area (Å²) in [5, 5.41) is 3.68. The number of anilines is 1. The van der Waals surface area contributed by atoms with Crippen molar-refractivity contribution < 1.29 is 4.79 Å². The molecule has 0 radical (unpaired) electrons. The molecule has 22 heavy (non-hydrogen) atoms. The minimum atomic E-state index is -0.0863. The van der Waals surface area contributed by atoms with Gasteiger partial charge in [0, 0.05) is 39.1 Å². The normalized spacial score (nSPS) is 10.3. The maximum Gasteiger partial charge on any atom is 0.230 e. The maximum atomic E-state index is 11.8. The predicted molar refractivity (Wildman–Crippen MR) is 88.2 cm³/mol. The molecule has 1 N–H and O–H groups in total. The Bertz CT molecular complexity index is 638. The van der Waals surface area contributed by atoms with E-state index in [-0.39, 0.29) is 11.7 Å². The van der Waals surface area contributed by atoms with Crippen molar-refractivity contribution in [2.45, 2.75) is 11.7 Å². The molecule has 0 unspecified atom stereocenters. The van der Waals surface area contributed by atoms with Crippen LogP contribution in [0.5, 0.6) is 0 Å². The van der Waals surface area contributed by atoms with E-state index in [9.17, 15) is 4.79 Å². The first-order chi connectivity index (χ1) is 10.5. The van der Waals surface area contributed by atoms with Crippen LogP contribution in [0.2, 0.25) is 5.15 Å². The van der Waals surface area contributed by atoms with Crippen molar-refractivity contribution in [3.05, 3.63) is 41.3 Å². The lowest BCUT2D eigenvalue weighted by molar-refractivity contribution is -0.118. The van der Waals surface area contributed by atoms with Gasteiger partial charge in [0.1, 0.15) is 11.0 Å². The molecule has 0 atom stereocenters. The number of pyridine rings is 1. The fourth-order valence-corrected chi connectivity index (χ4v) is 2.47. The summed E-state index contributed by atoms with van der Waals surface area (Å²) in [7, 11) is 3.74. The highest BCUT2D eigenvalue weighted by Gasteiger charge is 2.08. The van der Waals surface area contributed by atoms with E-state index in [0.29, 0.717) is 22.7 Å². The molecule has 0 spiro atoms. The molecule has 116 valence electrons. The van der Waals surface area contributed by atoms with Crippen molar-refractivity contribution in [2.75, 3.05) is 24.7 Å². The van der Waals surface area contributed by atoms with Crippen molar-refractivity contribution >= 4 is 35.1 Å². The smallest absolute Gasteiger partial charge is 0.230 e. The number of nitrogens with one attached hydrogen (secondary N) is 1. The lowest BCUT2D eigenvalue weighted by Crippen LogP contribution is -2.24. The molecule has 2 aromatic heterocycles. The summed E-state index contributed by atoms with van der Waals surface area (Å²) >= 11 is 7.20. The summed E-state index contributed by atoms with van der Waals surface area (Å²) in [5.74, 6) is 0.856. The molecule has 2 aromatic rings. The molecule has 0 aliphatic rings. The summed E-state index contributed by atoms with van der Waals surface area (Å²) in [6, 6.07) is 5.39. The Morgan fingerprint density at radius 3 is 2.73 bits per heavy atom. The third-order valence-corrected chi connectivity index (χ3v) is 3.73. The minimum absolute atomic E-state index is 0.0863. The van der Waals surface area contributed by atoms with Crippen LogP contribution in [-0.4, -0.2) is 40.7 Å². The lowest BCUT2D eigenvalue weighted by Gasteiger charge is -2.12. The topological polar surface area (TPSA) is 71.0 Å². The fraction of sp³-hybridized carbons (Fsp3) is 0.286. The second-order valence-electron chi connectivity index (χ2n) is 4.65. The second-order valence-corrected chi connectivity index (χ2v) is 5.98. The van der Waals surface area contributed by atoms with E-state index in [0.717, 1.165) is 5.56 Å². The van der Waals surface area contributed by atoms with Crippen LogP contribution < -0.4 is 10.2 Å². The van der Waals surface area contributed by atoms with E-state index < -0.39 is 0 Å². The zero-order valence-corrected chi connectivity index (χ0v) is 13.9. The average molecular weight is 338 g/mol. The number of nitrogens with zero attached hydrogens (tertiary/aromatic N) is 4. The molecule has 8 heteroatoms. The Morgan fingerprint density at radius 2 is 2.05 bits per heavy atom. The van der Waals surface area contributed by atoms with E-state index >= 15 is 0 Å². The number of halogens is 1. The molecular weight excluding hydrogens is 322 g/mol. The fourth-order valence-electron chi connectivity index (χ4n) is 1.56. The van der Waals surface area contributed by atoms with Crippen LogP contribution in [-0.2, 0) is 11.3 Å². The summed E-state index contributed by atoms with van der Waals surface area (Å²) < 4.78 is 0. The monoisotopic (exact) mass is 337 g/mol. The third kappa shape index (κ3) is 5.16. The molecule has 2 heterocycles. The first-order valence-electron chi connectivity index (χ1n) is 6.55. The van der Waals surface area contributed by atoms with Crippen LogP contribution in [0.25, 0.3) is 0 Å². The Kier molecular flexibility index (Phi) is 5.97. The molecule has 0 aromatic carbocycles. The van der Waals surface area contributed by atoms with E-state index in [4.69, 9.17) is 11.6 Å². The summed E-state index contributed by atoms with van der Waals surface area (Å²) in [6.07, 6.45) is 3.39.